The van der Waals surface area contributed by atoms with Gasteiger partial charge in [0.15, 0.2) is 0 Å². The molecule has 0 amide bonds. The molecule has 13 heavy (non-hydrogen) atoms. The zero-order valence-electron chi connectivity index (χ0n) is 7.26. The van der Waals surface area contributed by atoms with E-state index in [1.807, 2.05) is 6.07 Å². The Morgan fingerprint density at radius 3 is 3.15 bits per heavy atom. The zero-order valence-corrected chi connectivity index (χ0v) is 7.26. The molecule has 2 nitrogen and oxygen atoms in total. The molecule has 2 N–H and O–H groups in total. The molecule has 1 aliphatic rings. The third-order valence-corrected chi connectivity index (χ3v) is 2.46. The Kier molecular flexibility index (Phi) is 2.29. The number of rotatable bonds is 1. The van der Waals surface area contributed by atoms with Crippen LogP contribution in [0.5, 0.6) is 0 Å². The van der Waals surface area contributed by atoms with Gasteiger partial charge in [0.25, 0.3) is 0 Å². The molecular weight excluding hydrogens is 169 g/mol. The van der Waals surface area contributed by atoms with Crippen molar-refractivity contribution in [3.8, 4) is 0 Å². The molecule has 3 heteroatoms. The van der Waals surface area contributed by atoms with Gasteiger partial charge < -0.3 is 10.4 Å². The molecule has 1 aromatic carbocycles. The highest BCUT2D eigenvalue weighted by Gasteiger charge is 2.21. The van der Waals surface area contributed by atoms with Crippen LogP contribution >= 0.6 is 0 Å². The molecule has 0 saturated heterocycles. The van der Waals surface area contributed by atoms with Gasteiger partial charge in [0.1, 0.15) is 5.82 Å². The van der Waals surface area contributed by atoms with Gasteiger partial charge in [0, 0.05) is 5.56 Å². The molecule has 0 spiro atoms. The fraction of sp³-hybridized carbons (Fsp3) is 0.400. The molecule has 1 heterocycles. The summed E-state index contributed by atoms with van der Waals surface area (Å²) in [5, 5.41) is 12.1. The van der Waals surface area contributed by atoms with Crippen LogP contribution in [0.25, 0.3) is 0 Å². The van der Waals surface area contributed by atoms with Gasteiger partial charge in [-0.25, -0.2) is 4.39 Å². The molecule has 0 fully saturated rings. The van der Waals surface area contributed by atoms with Gasteiger partial charge in [0.05, 0.1) is 12.6 Å². The Hall–Kier alpha value is -0.930. The molecule has 70 valence electrons. The lowest BCUT2D eigenvalue weighted by molar-refractivity contribution is 0.236. The summed E-state index contributed by atoms with van der Waals surface area (Å²) in [6, 6.07) is 4.84. The van der Waals surface area contributed by atoms with Crippen LogP contribution in [0.3, 0.4) is 0 Å². The van der Waals surface area contributed by atoms with Crippen LogP contribution in [0.1, 0.15) is 17.2 Å². The van der Waals surface area contributed by atoms with Crippen molar-refractivity contribution in [2.45, 2.75) is 12.5 Å². The average Bonchev–Trinajstić information content (AvgIpc) is 2.17. The number of hydrogen-bond donors (Lipinski definition) is 2. The molecule has 0 saturated carbocycles. The van der Waals surface area contributed by atoms with Crippen molar-refractivity contribution < 1.29 is 9.50 Å². The summed E-state index contributed by atoms with van der Waals surface area (Å²) >= 11 is 0. The highest BCUT2D eigenvalue weighted by molar-refractivity contribution is 5.33. The lowest BCUT2D eigenvalue weighted by Crippen LogP contribution is -2.32. The van der Waals surface area contributed by atoms with E-state index < -0.39 is 0 Å². The number of aliphatic hydroxyl groups is 1. The van der Waals surface area contributed by atoms with Crippen LogP contribution < -0.4 is 5.32 Å². The summed E-state index contributed by atoms with van der Waals surface area (Å²) in [6.45, 7) is 0.760. The third kappa shape index (κ3) is 1.45. The predicted molar refractivity (Wildman–Crippen MR) is 47.9 cm³/mol. The summed E-state index contributed by atoms with van der Waals surface area (Å²) < 4.78 is 13.4. The minimum absolute atomic E-state index is 0.0477. The zero-order chi connectivity index (χ0) is 9.26. The van der Waals surface area contributed by atoms with E-state index in [-0.39, 0.29) is 18.5 Å². The van der Waals surface area contributed by atoms with Gasteiger partial charge in [-0.15, -0.1) is 0 Å². The standard InChI is InChI=1S/C10H12FNO/c11-8-3-1-2-7-4-5-12-9(6-13)10(7)8/h1-3,9,12-13H,4-6H2/t9-/m1/s1. The molecule has 0 bridgehead atoms. The minimum Gasteiger partial charge on any atom is -0.394 e. The quantitative estimate of drug-likeness (QED) is 0.677. The molecule has 0 unspecified atom stereocenters. The Morgan fingerprint density at radius 1 is 1.54 bits per heavy atom. The van der Waals surface area contributed by atoms with Crippen LogP contribution in [-0.4, -0.2) is 18.3 Å². The number of nitrogens with one attached hydrogen (secondary N) is 1. The normalized spacial score (nSPS) is 21.2. The van der Waals surface area contributed by atoms with Crippen molar-refractivity contribution in [1.29, 1.82) is 0 Å². The average molecular weight is 181 g/mol. The van der Waals surface area contributed by atoms with E-state index in [1.165, 1.54) is 6.07 Å². The van der Waals surface area contributed by atoms with Gasteiger partial charge in [-0.05, 0) is 24.6 Å². The van der Waals surface area contributed by atoms with Crippen molar-refractivity contribution in [2.24, 2.45) is 0 Å². The van der Waals surface area contributed by atoms with Gasteiger partial charge in [-0.1, -0.05) is 12.1 Å². The molecule has 2 rings (SSSR count). The van der Waals surface area contributed by atoms with Crippen LogP contribution in [-0.2, 0) is 6.42 Å². The number of hydrogen-bond acceptors (Lipinski definition) is 2. The van der Waals surface area contributed by atoms with E-state index in [2.05, 4.69) is 5.32 Å². The fourth-order valence-electron chi connectivity index (χ4n) is 1.83. The molecule has 0 aliphatic carbocycles. The molecule has 1 aromatic rings. The maximum Gasteiger partial charge on any atom is 0.128 e. The van der Waals surface area contributed by atoms with E-state index in [9.17, 15) is 4.39 Å². The SMILES string of the molecule is OC[C@H]1NCCc2cccc(F)c21. The van der Waals surface area contributed by atoms with Gasteiger partial charge in [-0.3, -0.25) is 0 Å². The number of aliphatic hydroxyl groups excluding tert-OH is 1. The monoisotopic (exact) mass is 181 g/mol. The van der Waals surface area contributed by atoms with Crippen LogP contribution in [0, 0.1) is 5.82 Å². The second-order valence-electron chi connectivity index (χ2n) is 3.25. The summed E-state index contributed by atoms with van der Waals surface area (Å²) in [7, 11) is 0. The largest absolute Gasteiger partial charge is 0.394 e. The first-order valence-corrected chi connectivity index (χ1v) is 4.44. The smallest absolute Gasteiger partial charge is 0.128 e. The van der Waals surface area contributed by atoms with Crippen LogP contribution in [0.15, 0.2) is 18.2 Å². The Bertz CT molecular complexity index is 314. The molecule has 0 radical (unpaired) electrons. The van der Waals surface area contributed by atoms with Crippen molar-refractivity contribution >= 4 is 0 Å². The minimum atomic E-state index is -0.232. The highest BCUT2D eigenvalue weighted by Crippen LogP contribution is 2.24. The van der Waals surface area contributed by atoms with Crippen LogP contribution in [0.2, 0.25) is 0 Å². The van der Waals surface area contributed by atoms with E-state index in [4.69, 9.17) is 5.11 Å². The van der Waals surface area contributed by atoms with Crippen molar-refractivity contribution in [2.75, 3.05) is 13.2 Å². The first kappa shape index (κ1) is 8.66. The fourth-order valence-corrected chi connectivity index (χ4v) is 1.83. The lowest BCUT2D eigenvalue weighted by Gasteiger charge is -2.25. The van der Waals surface area contributed by atoms with E-state index >= 15 is 0 Å². The third-order valence-electron chi connectivity index (χ3n) is 2.46. The Balaban J connectivity index is 2.47. The lowest BCUT2D eigenvalue weighted by atomic mass is 9.94. The summed E-state index contributed by atoms with van der Waals surface area (Å²) in [5.41, 5.74) is 1.65. The molecule has 0 aromatic heterocycles. The number of benzene rings is 1. The second kappa shape index (κ2) is 3.44. The van der Waals surface area contributed by atoms with Gasteiger partial charge in [-0.2, -0.15) is 0 Å². The Labute approximate surface area is 76.4 Å². The van der Waals surface area contributed by atoms with Crippen molar-refractivity contribution in [1.82, 2.24) is 5.32 Å². The summed E-state index contributed by atoms with van der Waals surface area (Å²) in [6.07, 6.45) is 0.837. The maximum atomic E-state index is 13.4. The maximum absolute atomic E-state index is 13.4. The first-order chi connectivity index (χ1) is 6.33. The van der Waals surface area contributed by atoms with Gasteiger partial charge in [0.2, 0.25) is 0 Å². The van der Waals surface area contributed by atoms with E-state index in [0.717, 1.165) is 18.5 Å². The Morgan fingerprint density at radius 2 is 2.38 bits per heavy atom. The summed E-state index contributed by atoms with van der Waals surface area (Å²) in [5.74, 6) is -0.219. The van der Waals surface area contributed by atoms with E-state index in [0.29, 0.717) is 5.56 Å². The molecule has 1 aliphatic heterocycles. The first-order valence-electron chi connectivity index (χ1n) is 4.44. The highest BCUT2D eigenvalue weighted by atomic mass is 19.1. The summed E-state index contributed by atoms with van der Waals surface area (Å²) in [4.78, 5) is 0. The van der Waals surface area contributed by atoms with Crippen LogP contribution in [0.4, 0.5) is 4.39 Å². The number of halogens is 1. The second-order valence-corrected chi connectivity index (χ2v) is 3.25. The predicted octanol–water partition coefficient (Wildman–Crippen LogP) is 1.00. The topological polar surface area (TPSA) is 32.3 Å². The van der Waals surface area contributed by atoms with Gasteiger partial charge >= 0.3 is 0 Å². The molecule has 1 atom stereocenters. The van der Waals surface area contributed by atoms with Crippen molar-refractivity contribution in [3.63, 3.8) is 0 Å². The number of fused-ring (bicyclic) bond motifs is 1. The van der Waals surface area contributed by atoms with E-state index in [1.54, 1.807) is 6.07 Å². The molecular formula is C10H12FNO. The van der Waals surface area contributed by atoms with Crippen molar-refractivity contribution in [3.05, 3.63) is 35.1 Å².